The summed E-state index contributed by atoms with van der Waals surface area (Å²) < 4.78 is 5.62. The van der Waals surface area contributed by atoms with Crippen LogP contribution in [0.15, 0.2) is 30.0 Å². The molecule has 2 aromatic rings. The lowest BCUT2D eigenvalue weighted by molar-refractivity contribution is -0.115. The van der Waals surface area contributed by atoms with E-state index in [1.54, 1.807) is 19.3 Å². The first kappa shape index (κ1) is 21.1. The fourth-order valence-corrected chi connectivity index (χ4v) is 4.51. The number of carbonyl (C=O) groups excluding carboxylic acids is 2. The van der Waals surface area contributed by atoms with Gasteiger partial charge in [0.15, 0.2) is 0 Å². The van der Waals surface area contributed by atoms with Gasteiger partial charge in [-0.3, -0.25) is 10.1 Å². The molecule has 0 spiro atoms. The van der Waals surface area contributed by atoms with E-state index in [4.69, 9.17) is 9.72 Å². The van der Waals surface area contributed by atoms with Gasteiger partial charge >= 0.3 is 6.03 Å². The van der Waals surface area contributed by atoms with E-state index < -0.39 is 11.9 Å². The topological polar surface area (TPSA) is 80.3 Å². The lowest BCUT2D eigenvalue weighted by Gasteiger charge is -2.42. The largest absolute Gasteiger partial charge is 0.494 e. The van der Waals surface area contributed by atoms with Gasteiger partial charge in [-0.25, -0.2) is 9.78 Å². The summed E-state index contributed by atoms with van der Waals surface area (Å²) in [6.07, 6.45) is 3.86. The molecule has 1 aliphatic carbocycles. The van der Waals surface area contributed by atoms with E-state index in [9.17, 15) is 9.59 Å². The Hall–Kier alpha value is -3.15. The lowest BCUT2D eigenvalue weighted by atomic mass is 9.62. The number of aryl methyl sites for hydroxylation is 1. The van der Waals surface area contributed by atoms with Gasteiger partial charge in [-0.05, 0) is 71.6 Å². The Balaban J connectivity index is 1.87. The number of hydrogen-bond donors (Lipinski definition) is 2. The van der Waals surface area contributed by atoms with Crippen molar-refractivity contribution in [1.82, 2.24) is 15.6 Å². The molecule has 2 aliphatic rings. The first-order valence-electron chi connectivity index (χ1n) is 10.6. The molecule has 0 unspecified atom stereocenters. The van der Waals surface area contributed by atoms with E-state index in [0.717, 1.165) is 29.7 Å². The van der Waals surface area contributed by atoms with Gasteiger partial charge in [0.05, 0.1) is 12.8 Å². The highest BCUT2D eigenvalue weighted by Crippen LogP contribution is 2.48. The van der Waals surface area contributed by atoms with Gasteiger partial charge in [0.1, 0.15) is 17.1 Å². The summed E-state index contributed by atoms with van der Waals surface area (Å²) in [5, 5.41) is 4.71. The van der Waals surface area contributed by atoms with Gasteiger partial charge in [-0.1, -0.05) is 33.8 Å². The third-order valence-electron chi connectivity index (χ3n) is 6.56. The standard InChI is InChI=1S/C25H29N3O3/c1-14-11-17-18(25(4,5)10-9-24(17,2)3)13-16(14)21-20(31-6)8-7-15(26-21)12-19-22(29)28-23(30)27-19/h7-8,11-13H,9-10H2,1-6H3,(H2,27,28,29,30). The maximum Gasteiger partial charge on any atom is 0.326 e. The third-order valence-corrected chi connectivity index (χ3v) is 6.56. The van der Waals surface area contributed by atoms with Crippen LogP contribution in [-0.4, -0.2) is 24.0 Å². The minimum absolute atomic E-state index is 0.0757. The summed E-state index contributed by atoms with van der Waals surface area (Å²) in [4.78, 5) is 28.1. The number of carbonyl (C=O) groups is 2. The molecule has 0 atom stereocenters. The fraction of sp³-hybridized carbons (Fsp3) is 0.400. The number of aromatic nitrogens is 1. The van der Waals surface area contributed by atoms with Crippen molar-refractivity contribution in [2.45, 2.75) is 58.3 Å². The normalized spacial score (nSPS) is 20.3. The fourth-order valence-electron chi connectivity index (χ4n) is 4.51. The van der Waals surface area contributed by atoms with Gasteiger partial charge in [-0.15, -0.1) is 0 Å². The third kappa shape index (κ3) is 3.71. The smallest absolute Gasteiger partial charge is 0.326 e. The van der Waals surface area contributed by atoms with Crippen LogP contribution in [0.5, 0.6) is 5.75 Å². The molecule has 2 heterocycles. The van der Waals surface area contributed by atoms with Crippen molar-refractivity contribution in [3.8, 4) is 17.0 Å². The van der Waals surface area contributed by atoms with Crippen LogP contribution in [0.1, 0.15) is 62.9 Å². The number of hydrogen-bond acceptors (Lipinski definition) is 4. The van der Waals surface area contributed by atoms with Gasteiger partial charge in [0.2, 0.25) is 0 Å². The number of nitrogens with one attached hydrogen (secondary N) is 2. The van der Waals surface area contributed by atoms with E-state index in [1.165, 1.54) is 11.1 Å². The van der Waals surface area contributed by atoms with Crippen molar-refractivity contribution in [1.29, 1.82) is 0 Å². The number of pyridine rings is 1. The average molecular weight is 420 g/mol. The molecule has 0 saturated carbocycles. The van der Waals surface area contributed by atoms with E-state index >= 15 is 0 Å². The van der Waals surface area contributed by atoms with Crippen molar-refractivity contribution < 1.29 is 14.3 Å². The molecule has 6 heteroatoms. The number of fused-ring (bicyclic) bond motifs is 1. The monoisotopic (exact) mass is 419 g/mol. The van der Waals surface area contributed by atoms with Gasteiger partial charge in [0.25, 0.3) is 5.91 Å². The Morgan fingerprint density at radius 2 is 1.65 bits per heavy atom. The quantitative estimate of drug-likeness (QED) is 0.563. The van der Waals surface area contributed by atoms with Crippen LogP contribution in [0.4, 0.5) is 4.79 Å². The van der Waals surface area contributed by atoms with Crippen molar-refractivity contribution in [3.63, 3.8) is 0 Å². The average Bonchev–Trinajstić information content (AvgIpc) is 3.02. The van der Waals surface area contributed by atoms with Crippen LogP contribution < -0.4 is 15.4 Å². The Morgan fingerprint density at radius 3 is 2.23 bits per heavy atom. The number of rotatable bonds is 3. The summed E-state index contributed by atoms with van der Waals surface area (Å²) in [5.41, 5.74) is 6.57. The van der Waals surface area contributed by atoms with Crippen molar-refractivity contribution in [3.05, 3.63) is 52.3 Å². The second kappa shape index (κ2) is 7.22. The Kier molecular flexibility index (Phi) is 4.91. The van der Waals surface area contributed by atoms with E-state index in [0.29, 0.717) is 11.4 Å². The molecule has 6 nitrogen and oxygen atoms in total. The molecular formula is C25H29N3O3. The highest BCUT2D eigenvalue weighted by Gasteiger charge is 2.37. The van der Waals surface area contributed by atoms with Crippen LogP contribution in [0.3, 0.4) is 0 Å². The number of ether oxygens (including phenoxy) is 1. The second-order valence-corrected chi connectivity index (χ2v) is 9.73. The highest BCUT2D eigenvalue weighted by molar-refractivity contribution is 6.13. The number of imide groups is 1. The number of methoxy groups -OCH3 is 1. The van der Waals surface area contributed by atoms with Crippen LogP contribution in [0, 0.1) is 6.92 Å². The molecule has 162 valence electrons. The van der Waals surface area contributed by atoms with Crippen molar-refractivity contribution >= 4 is 18.0 Å². The van der Waals surface area contributed by atoms with Gasteiger partial charge in [0, 0.05) is 5.56 Å². The molecular weight excluding hydrogens is 390 g/mol. The Bertz CT molecular complexity index is 1130. The van der Waals surface area contributed by atoms with Gasteiger partial charge < -0.3 is 10.1 Å². The van der Waals surface area contributed by atoms with Crippen LogP contribution in [0.2, 0.25) is 0 Å². The maximum atomic E-state index is 11.9. The Labute approximate surface area is 183 Å². The predicted octanol–water partition coefficient (Wildman–Crippen LogP) is 4.59. The number of amides is 3. The summed E-state index contributed by atoms with van der Waals surface area (Å²) >= 11 is 0. The SMILES string of the molecule is COc1ccc(C=C2NC(=O)NC2=O)nc1-c1cc2c(cc1C)C(C)(C)CCC2(C)C. The summed E-state index contributed by atoms with van der Waals surface area (Å²) in [7, 11) is 1.63. The van der Waals surface area contributed by atoms with Gasteiger partial charge in [-0.2, -0.15) is 0 Å². The molecule has 31 heavy (non-hydrogen) atoms. The number of nitrogens with zero attached hydrogens (tertiary/aromatic N) is 1. The highest BCUT2D eigenvalue weighted by atomic mass is 16.5. The minimum Gasteiger partial charge on any atom is -0.494 e. The second-order valence-electron chi connectivity index (χ2n) is 9.73. The molecule has 0 radical (unpaired) electrons. The van der Waals surface area contributed by atoms with Crippen LogP contribution in [-0.2, 0) is 15.6 Å². The molecule has 4 rings (SSSR count). The van der Waals surface area contributed by atoms with E-state index in [1.807, 2.05) is 6.07 Å². The number of urea groups is 1. The molecule has 3 amide bonds. The summed E-state index contributed by atoms with van der Waals surface area (Å²) in [5.74, 6) is 0.205. The zero-order valence-corrected chi connectivity index (χ0v) is 19.0. The molecule has 2 N–H and O–H groups in total. The van der Waals surface area contributed by atoms with Crippen LogP contribution >= 0.6 is 0 Å². The molecule has 0 bridgehead atoms. The number of benzene rings is 1. The zero-order valence-electron chi connectivity index (χ0n) is 19.0. The molecule has 1 aromatic carbocycles. The summed E-state index contributed by atoms with van der Waals surface area (Å²) in [6.45, 7) is 11.3. The molecule has 1 fully saturated rings. The van der Waals surface area contributed by atoms with E-state index in [-0.39, 0.29) is 16.5 Å². The van der Waals surface area contributed by atoms with Crippen LogP contribution in [0.25, 0.3) is 17.3 Å². The minimum atomic E-state index is -0.527. The predicted molar refractivity (Wildman–Crippen MR) is 121 cm³/mol. The van der Waals surface area contributed by atoms with Crippen molar-refractivity contribution in [2.75, 3.05) is 7.11 Å². The zero-order chi connectivity index (χ0) is 22.6. The molecule has 1 saturated heterocycles. The van der Waals surface area contributed by atoms with Crippen molar-refractivity contribution in [2.24, 2.45) is 0 Å². The molecule has 1 aromatic heterocycles. The summed E-state index contributed by atoms with van der Waals surface area (Å²) in [6, 6.07) is 7.64. The molecule has 1 aliphatic heterocycles. The maximum absolute atomic E-state index is 11.9. The first-order chi connectivity index (χ1) is 14.5. The first-order valence-corrected chi connectivity index (χ1v) is 10.6. The Morgan fingerprint density at radius 1 is 1.00 bits per heavy atom. The lowest BCUT2D eigenvalue weighted by Crippen LogP contribution is -2.34. The van der Waals surface area contributed by atoms with E-state index in [2.05, 4.69) is 57.4 Å².